The van der Waals surface area contributed by atoms with E-state index >= 15 is 0 Å². The number of nitro groups is 1. The summed E-state index contributed by atoms with van der Waals surface area (Å²) in [6.07, 6.45) is 3.05. The average molecular weight is 623 g/mol. The predicted molar refractivity (Wildman–Crippen MR) is 165 cm³/mol. The zero-order valence-corrected chi connectivity index (χ0v) is 25.6. The summed E-state index contributed by atoms with van der Waals surface area (Å²) in [4.78, 5) is 37.8. The molecule has 0 spiro atoms. The molecule has 11 nitrogen and oxygen atoms in total. The smallest absolute Gasteiger partial charge is 0.336 e. The number of allylic oxidation sites excluding steroid dienone is 2. The number of carbonyl (C=O) groups is 2. The minimum absolute atomic E-state index is 0.110. The highest BCUT2D eigenvalue weighted by Crippen LogP contribution is 2.42. The molecule has 1 aliphatic heterocycles. The van der Waals surface area contributed by atoms with Gasteiger partial charge in [-0.15, -0.1) is 5.10 Å². The molecule has 0 radical (unpaired) electrons. The number of aromatic nitrogens is 2. The first-order chi connectivity index (χ1) is 21.2. The van der Waals surface area contributed by atoms with Gasteiger partial charge in [0.05, 0.1) is 47.5 Å². The Labute approximate surface area is 260 Å². The Balaban J connectivity index is 1.31. The molecule has 1 unspecified atom stereocenters. The summed E-state index contributed by atoms with van der Waals surface area (Å²) in [5.41, 5.74) is 2.99. The highest BCUT2D eigenvalue weighted by atomic mass is 35.5. The molecule has 4 rings (SSSR count). The number of dihydropyridines is 1. The molecule has 2 N–H and O–H groups in total. The molecule has 0 saturated carbocycles. The molecule has 0 aliphatic carbocycles. The van der Waals surface area contributed by atoms with Crippen molar-refractivity contribution in [1.82, 2.24) is 15.5 Å². The molecule has 1 atom stereocenters. The largest absolute Gasteiger partial charge is 0.477 e. The van der Waals surface area contributed by atoms with Crippen LogP contribution >= 0.6 is 11.6 Å². The molecule has 2 heterocycles. The van der Waals surface area contributed by atoms with Gasteiger partial charge in [-0.1, -0.05) is 41.9 Å². The fourth-order valence-electron chi connectivity index (χ4n) is 5.08. The van der Waals surface area contributed by atoms with Crippen molar-refractivity contribution in [3.8, 4) is 17.1 Å². The van der Waals surface area contributed by atoms with Gasteiger partial charge in [-0.3, -0.25) is 15.2 Å². The van der Waals surface area contributed by atoms with Crippen molar-refractivity contribution in [2.24, 2.45) is 0 Å². The third-order valence-electron chi connectivity index (χ3n) is 7.15. The van der Waals surface area contributed by atoms with Crippen molar-refractivity contribution in [2.45, 2.75) is 52.4 Å². The van der Waals surface area contributed by atoms with Crippen LogP contribution in [0.2, 0.25) is 5.02 Å². The molecule has 0 bridgehead atoms. The van der Waals surface area contributed by atoms with E-state index in [0.717, 1.165) is 30.5 Å². The lowest BCUT2D eigenvalue weighted by Gasteiger charge is -2.30. The van der Waals surface area contributed by atoms with E-state index in [2.05, 4.69) is 15.5 Å². The van der Waals surface area contributed by atoms with E-state index in [0.29, 0.717) is 35.3 Å². The van der Waals surface area contributed by atoms with Gasteiger partial charge >= 0.3 is 11.9 Å². The quantitative estimate of drug-likeness (QED) is 0.0876. The number of nitrogens with one attached hydrogen (secondary N) is 2. The van der Waals surface area contributed by atoms with Crippen LogP contribution in [-0.4, -0.2) is 46.9 Å². The summed E-state index contributed by atoms with van der Waals surface area (Å²) in [6.45, 7) is 5.78. The number of carbonyl (C=O) groups excluding carboxylic acids is 2. The second-order valence-electron chi connectivity index (χ2n) is 10.2. The minimum atomic E-state index is -1.02. The number of unbranched alkanes of at least 4 members (excludes halogenated alkanes) is 3. The Morgan fingerprint density at radius 2 is 1.57 bits per heavy atom. The maximum absolute atomic E-state index is 13.4. The lowest BCUT2D eigenvalue weighted by atomic mass is 9.79. The van der Waals surface area contributed by atoms with Crippen LogP contribution in [0.5, 0.6) is 5.88 Å². The van der Waals surface area contributed by atoms with Crippen molar-refractivity contribution in [3.63, 3.8) is 0 Å². The number of halogens is 1. The maximum Gasteiger partial charge on any atom is 0.336 e. The summed E-state index contributed by atoms with van der Waals surface area (Å²) in [5, 5.41) is 22.8. The highest BCUT2D eigenvalue weighted by Gasteiger charge is 2.40. The third kappa shape index (κ3) is 7.84. The molecule has 1 aliphatic rings. The van der Waals surface area contributed by atoms with Crippen LogP contribution < -0.4 is 10.1 Å². The van der Waals surface area contributed by atoms with E-state index in [4.69, 9.17) is 25.8 Å². The first-order valence-electron chi connectivity index (χ1n) is 14.4. The number of rotatable bonds is 14. The fourth-order valence-corrected chi connectivity index (χ4v) is 5.21. The Morgan fingerprint density at radius 1 is 0.932 bits per heavy atom. The second-order valence-corrected chi connectivity index (χ2v) is 10.6. The molecular formula is C32H35ClN4O7. The van der Waals surface area contributed by atoms with E-state index in [9.17, 15) is 19.7 Å². The van der Waals surface area contributed by atoms with E-state index < -0.39 is 22.8 Å². The molecule has 44 heavy (non-hydrogen) atoms. The zero-order valence-electron chi connectivity index (χ0n) is 24.9. The Morgan fingerprint density at radius 3 is 2.23 bits per heavy atom. The number of benzene rings is 2. The van der Waals surface area contributed by atoms with Gasteiger partial charge in [0.2, 0.25) is 5.88 Å². The van der Waals surface area contributed by atoms with Crippen molar-refractivity contribution in [2.75, 3.05) is 19.8 Å². The average Bonchev–Trinajstić information content (AvgIpc) is 3.47. The minimum Gasteiger partial charge on any atom is -0.477 e. The summed E-state index contributed by atoms with van der Waals surface area (Å²) in [5.74, 6) is -1.82. The predicted octanol–water partition coefficient (Wildman–Crippen LogP) is 6.62. The van der Waals surface area contributed by atoms with Crippen molar-refractivity contribution in [3.05, 3.63) is 97.8 Å². The van der Waals surface area contributed by atoms with Crippen molar-refractivity contribution < 1.29 is 28.7 Å². The van der Waals surface area contributed by atoms with Crippen LogP contribution in [0.3, 0.4) is 0 Å². The van der Waals surface area contributed by atoms with Crippen molar-refractivity contribution in [1.29, 1.82) is 0 Å². The molecule has 232 valence electrons. The Kier molecular flexibility index (Phi) is 11.1. The zero-order chi connectivity index (χ0) is 31.6. The number of nitrogens with zero attached hydrogens (tertiary/aromatic N) is 2. The number of aromatic amines is 1. The first kappa shape index (κ1) is 32.3. The SMILES string of the molecule is CCOC(=O)C1=C(C)NC(C)=C(C(=O)OCCCCCCOc2cc(-c3ccc(Cl)cc3)[nH]n2)C1c1ccccc1[N+](=O)[O-]. The fraction of sp³-hybridized carbons (Fsp3) is 0.344. The highest BCUT2D eigenvalue weighted by molar-refractivity contribution is 6.30. The maximum atomic E-state index is 13.4. The second kappa shape index (κ2) is 15.2. The van der Waals surface area contributed by atoms with Crippen LogP contribution in [0.25, 0.3) is 11.3 Å². The van der Waals surface area contributed by atoms with Gasteiger partial charge in [0.25, 0.3) is 5.69 Å². The van der Waals surface area contributed by atoms with Crippen LogP contribution in [-0.2, 0) is 19.1 Å². The van der Waals surface area contributed by atoms with Gasteiger partial charge in [0, 0.05) is 34.1 Å². The number of H-pyrrole nitrogens is 1. The number of nitro benzene ring substituents is 1. The number of esters is 2. The molecule has 0 saturated heterocycles. The van der Waals surface area contributed by atoms with Gasteiger partial charge in [0.15, 0.2) is 0 Å². The number of ether oxygens (including phenoxy) is 3. The number of para-hydroxylation sites is 1. The van der Waals surface area contributed by atoms with Crippen LogP contribution in [0.15, 0.2) is 77.1 Å². The van der Waals surface area contributed by atoms with Crippen LogP contribution in [0.1, 0.15) is 57.9 Å². The van der Waals surface area contributed by atoms with Crippen molar-refractivity contribution >= 4 is 29.2 Å². The normalized spacial score (nSPS) is 14.7. The molecule has 2 aromatic carbocycles. The van der Waals surface area contributed by atoms with Gasteiger partial charge < -0.3 is 19.5 Å². The number of hydrogen-bond donors (Lipinski definition) is 2. The monoisotopic (exact) mass is 622 g/mol. The van der Waals surface area contributed by atoms with Gasteiger partial charge in [-0.25, -0.2) is 9.59 Å². The van der Waals surface area contributed by atoms with Gasteiger partial charge in [0.1, 0.15) is 0 Å². The van der Waals surface area contributed by atoms with Crippen LogP contribution in [0.4, 0.5) is 5.69 Å². The summed E-state index contributed by atoms with van der Waals surface area (Å²) in [7, 11) is 0. The molecule has 1 aromatic heterocycles. The Bertz CT molecular complexity index is 1560. The molecule has 12 heteroatoms. The van der Waals surface area contributed by atoms with Gasteiger partial charge in [-0.05, 0) is 64.2 Å². The van der Waals surface area contributed by atoms with Crippen LogP contribution in [0, 0.1) is 10.1 Å². The standard InChI is InChI=1S/C32H35ClN4O7/c1-4-42-31(38)28-20(2)34-21(3)29(30(28)24-11-7-8-12-26(24)37(40)41)32(39)44-18-10-6-5-9-17-43-27-19-25(35-36-27)22-13-15-23(33)16-14-22/h7-8,11-16,19,30,34H,4-6,9-10,17-18H2,1-3H3,(H,35,36). The third-order valence-corrected chi connectivity index (χ3v) is 7.40. The molecular weight excluding hydrogens is 588 g/mol. The number of hydrogen-bond acceptors (Lipinski definition) is 9. The molecule has 0 fully saturated rings. The molecule has 0 amide bonds. The van der Waals surface area contributed by atoms with Gasteiger partial charge in [-0.2, -0.15) is 0 Å². The molecule has 3 aromatic rings. The Hall–Kier alpha value is -4.64. The summed E-state index contributed by atoms with van der Waals surface area (Å²) in [6, 6.07) is 15.3. The lowest BCUT2D eigenvalue weighted by molar-refractivity contribution is -0.385. The lowest BCUT2D eigenvalue weighted by Crippen LogP contribution is -2.33. The topological polar surface area (TPSA) is 146 Å². The van der Waals surface area contributed by atoms with E-state index in [1.807, 2.05) is 30.3 Å². The van der Waals surface area contributed by atoms with E-state index in [1.165, 1.54) is 12.1 Å². The first-order valence-corrected chi connectivity index (χ1v) is 14.8. The van der Waals surface area contributed by atoms with E-state index in [-0.39, 0.29) is 35.6 Å². The summed E-state index contributed by atoms with van der Waals surface area (Å²) >= 11 is 5.95. The summed E-state index contributed by atoms with van der Waals surface area (Å²) < 4.78 is 16.6. The van der Waals surface area contributed by atoms with E-state index in [1.54, 1.807) is 32.9 Å².